The summed E-state index contributed by atoms with van der Waals surface area (Å²) >= 11 is 0. The molecule has 1 saturated heterocycles. The molecule has 6 heteroatoms. The molecule has 1 aromatic carbocycles. The molecule has 6 nitrogen and oxygen atoms in total. The fraction of sp³-hybridized carbons (Fsp3) is 0.839. The monoisotopic (exact) mass is 851 g/mol. The molecule has 10 rings (SSSR count). The van der Waals surface area contributed by atoms with Crippen LogP contribution in [0.3, 0.4) is 0 Å². The van der Waals surface area contributed by atoms with E-state index >= 15 is 0 Å². The second-order valence-corrected chi connectivity index (χ2v) is 24.7. The van der Waals surface area contributed by atoms with E-state index < -0.39 is 23.3 Å². The number of aliphatic hydroxyl groups excluding tert-OH is 1. The number of fused-ring (bicyclic) bond motifs is 2. The van der Waals surface area contributed by atoms with Crippen molar-refractivity contribution in [1.29, 1.82) is 0 Å². The van der Waals surface area contributed by atoms with Gasteiger partial charge in [-0.3, -0.25) is 4.79 Å². The van der Waals surface area contributed by atoms with Crippen molar-refractivity contribution in [2.24, 2.45) is 79.3 Å². The predicted molar refractivity (Wildman–Crippen MR) is 244 cm³/mol. The van der Waals surface area contributed by atoms with Gasteiger partial charge < -0.3 is 24.8 Å². The summed E-state index contributed by atoms with van der Waals surface area (Å²) in [5.74, 6) is 8.92. The standard InChI is InChI=1S/C56H82O6/c1-7-11-44-54-32-31-53-25-10-14-38(16-15-37-12-8-9-13-37)23-26-55-41(21-22-42-46(55)49(2,28-30-52(53,55)5)27-29-50(42,3)48(58)59)35-51(53,4)47(54)43(57)36-56(44,60)62-45(54)34-40-19-17-39(18-20-40)24-33-61-6/h17-20,37-38,41-47,57,60H,7-9,11-16,21-24,26-36H2,1-6H3,(H,58,59)/t38-,41+,42+,43+,44+,45-,46-,47+,49+,50-,51+,52-,53+,54-,55+,56+/m1/s1. The normalized spacial score (nSPS) is 50.2. The first-order valence-corrected chi connectivity index (χ1v) is 26.0. The zero-order valence-electron chi connectivity index (χ0n) is 39.5. The number of aliphatic carboxylic acids is 1. The molecule has 4 bridgehead atoms. The first-order valence-electron chi connectivity index (χ1n) is 26.0. The molecular weight excluding hydrogens is 769 g/mol. The number of carboxylic acids is 1. The topological polar surface area (TPSA) is 96.2 Å². The molecule has 0 unspecified atom stereocenters. The van der Waals surface area contributed by atoms with E-state index in [4.69, 9.17) is 9.47 Å². The molecule has 3 spiro atoms. The van der Waals surface area contributed by atoms with Crippen LogP contribution in [0, 0.1) is 91.2 Å². The highest BCUT2D eigenvalue weighted by Gasteiger charge is 2.85. The minimum absolute atomic E-state index is 0.00595. The molecule has 1 aliphatic heterocycles. The van der Waals surface area contributed by atoms with E-state index in [2.05, 4.69) is 70.7 Å². The van der Waals surface area contributed by atoms with Gasteiger partial charge in [0.05, 0.1) is 24.2 Å². The van der Waals surface area contributed by atoms with Crippen molar-refractivity contribution in [1.82, 2.24) is 0 Å². The summed E-state index contributed by atoms with van der Waals surface area (Å²) in [6, 6.07) is 8.99. The molecule has 1 aromatic rings. The zero-order chi connectivity index (χ0) is 43.6. The Morgan fingerprint density at radius 2 is 1.56 bits per heavy atom. The summed E-state index contributed by atoms with van der Waals surface area (Å²) < 4.78 is 12.5. The fourth-order valence-corrected chi connectivity index (χ4v) is 19.9. The maximum absolute atomic E-state index is 13.6. The minimum Gasteiger partial charge on any atom is -0.481 e. The Morgan fingerprint density at radius 3 is 2.29 bits per heavy atom. The number of carboxylic acid groups (broad SMARTS) is 1. The van der Waals surface area contributed by atoms with Crippen LogP contribution in [0.5, 0.6) is 0 Å². The lowest BCUT2D eigenvalue weighted by Crippen LogP contribution is -2.79. The number of methoxy groups -OCH3 is 1. The van der Waals surface area contributed by atoms with Crippen LogP contribution in [-0.4, -0.2) is 53.0 Å². The summed E-state index contributed by atoms with van der Waals surface area (Å²) in [5.41, 5.74) is 0.758. The van der Waals surface area contributed by atoms with E-state index in [1.165, 1.54) is 62.5 Å². The van der Waals surface area contributed by atoms with Gasteiger partial charge in [-0.2, -0.15) is 0 Å². The smallest absolute Gasteiger partial charge is 0.309 e. The van der Waals surface area contributed by atoms with Gasteiger partial charge in [0.15, 0.2) is 5.79 Å². The summed E-state index contributed by atoms with van der Waals surface area (Å²) in [6.07, 6.45) is 23.5. The van der Waals surface area contributed by atoms with E-state index in [1.807, 2.05) is 0 Å². The van der Waals surface area contributed by atoms with Gasteiger partial charge in [0.1, 0.15) is 0 Å². The van der Waals surface area contributed by atoms with E-state index in [9.17, 15) is 20.1 Å². The third-order valence-corrected chi connectivity index (χ3v) is 22.6. The molecule has 342 valence electrons. The van der Waals surface area contributed by atoms with Crippen LogP contribution in [0.2, 0.25) is 0 Å². The van der Waals surface area contributed by atoms with Crippen molar-refractivity contribution in [2.45, 2.75) is 200 Å². The Hall–Kier alpha value is -1.91. The quantitative estimate of drug-likeness (QED) is 0.192. The van der Waals surface area contributed by atoms with Crippen molar-refractivity contribution in [2.75, 3.05) is 13.7 Å². The lowest BCUT2D eigenvalue weighted by Gasteiger charge is -2.82. The lowest BCUT2D eigenvalue weighted by molar-refractivity contribution is -0.348. The van der Waals surface area contributed by atoms with Gasteiger partial charge >= 0.3 is 5.97 Å². The average molecular weight is 851 g/mol. The molecule has 0 radical (unpaired) electrons. The Kier molecular flexibility index (Phi) is 10.9. The van der Waals surface area contributed by atoms with E-state index in [1.54, 1.807) is 7.11 Å². The number of aliphatic hydroxyl groups is 2. The molecule has 1 heterocycles. The van der Waals surface area contributed by atoms with Gasteiger partial charge in [0.25, 0.3) is 0 Å². The van der Waals surface area contributed by atoms with Crippen molar-refractivity contribution in [3.05, 3.63) is 35.4 Å². The van der Waals surface area contributed by atoms with Crippen LogP contribution >= 0.6 is 0 Å². The Balaban J connectivity index is 1.13. The first kappa shape index (κ1) is 44.0. The Morgan fingerprint density at radius 1 is 0.839 bits per heavy atom. The van der Waals surface area contributed by atoms with E-state index in [0.717, 1.165) is 95.8 Å². The second-order valence-electron chi connectivity index (χ2n) is 24.7. The van der Waals surface area contributed by atoms with Crippen LogP contribution in [0.4, 0.5) is 0 Å². The highest BCUT2D eigenvalue weighted by molar-refractivity contribution is 5.75. The molecule has 8 fully saturated rings. The third kappa shape index (κ3) is 5.84. The molecule has 8 aliphatic carbocycles. The summed E-state index contributed by atoms with van der Waals surface area (Å²) in [5, 5.41) is 37.0. The maximum Gasteiger partial charge on any atom is 0.309 e. The average Bonchev–Trinajstić information content (AvgIpc) is 3.82. The molecule has 7 saturated carbocycles. The van der Waals surface area contributed by atoms with Gasteiger partial charge in [-0.25, -0.2) is 0 Å². The number of ether oxygens (including phenoxy) is 2. The fourth-order valence-electron chi connectivity index (χ4n) is 19.9. The number of carbonyl (C=O) groups is 1. The highest BCUT2D eigenvalue weighted by atomic mass is 16.6. The molecule has 0 aromatic heterocycles. The predicted octanol–water partition coefficient (Wildman–Crippen LogP) is 11.6. The molecule has 3 N–H and O–H groups in total. The third-order valence-electron chi connectivity index (χ3n) is 22.6. The number of rotatable bonds is 11. The van der Waals surface area contributed by atoms with Gasteiger partial charge in [-0.15, -0.1) is 5.92 Å². The van der Waals surface area contributed by atoms with E-state index in [0.29, 0.717) is 24.4 Å². The second kappa shape index (κ2) is 15.3. The summed E-state index contributed by atoms with van der Waals surface area (Å²) in [7, 11) is 1.76. The van der Waals surface area contributed by atoms with Crippen molar-refractivity contribution in [3.8, 4) is 11.8 Å². The van der Waals surface area contributed by atoms with Gasteiger partial charge in [0.2, 0.25) is 0 Å². The van der Waals surface area contributed by atoms with Crippen LogP contribution < -0.4 is 0 Å². The number of hydrogen-bond donors (Lipinski definition) is 3. The van der Waals surface area contributed by atoms with Crippen LogP contribution in [-0.2, 0) is 27.1 Å². The van der Waals surface area contributed by atoms with Gasteiger partial charge in [-0.05, 0) is 166 Å². The van der Waals surface area contributed by atoms with Crippen LogP contribution in [0.25, 0.3) is 0 Å². The largest absolute Gasteiger partial charge is 0.481 e. The highest BCUT2D eigenvalue weighted by Crippen LogP contribution is 2.88. The Bertz CT molecular complexity index is 1930. The van der Waals surface area contributed by atoms with Gasteiger partial charge in [0, 0.05) is 42.6 Å². The van der Waals surface area contributed by atoms with Crippen molar-refractivity contribution in [3.63, 3.8) is 0 Å². The molecule has 0 amide bonds. The maximum atomic E-state index is 13.6. The van der Waals surface area contributed by atoms with Crippen molar-refractivity contribution < 1.29 is 29.6 Å². The molecule has 16 atom stereocenters. The molecular formula is C56H82O6. The zero-order valence-corrected chi connectivity index (χ0v) is 39.5. The minimum atomic E-state index is -1.34. The summed E-state index contributed by atoms with van der Waals surface area (Å²) in [4.78, 5) is 13.6. The molecule has 62 heavy (non-hydrogen) atoms. The summed E-state index contributed by atoms with van der Waals surface area (Å²) in [6.45, 7) is 13.0. The lowest BCUT2D eigenvalue weighted by atomic mass is 9.21. The Labute approximate surface area is 374 Å². The van der Waals surface area contributed by atoms with Crippen LogP contribution in [0.1, 0.15) is 181 Å². The van der Waals surface area contributed by atoms with Crippen molar-refractivity contribution >= 4 is 5.97 Å². The van der Waals surface area contributed by atoms with Crippen LogP contribution in [0.15, 0.2) is 24.3 Å². The number of hydrogen-bond acceptors (Lipinski definition) is 5. The molecule has 9 aliphatic rings. The number of benzene rings is 1. The van der Waals surface area contributed by atoms with Gasteiger partial charge in [-0.1, -0.05) is 96.4 Å². The van der Waals surface area contributed by atoms with E-state index in [-0.39, 0.29) is 62.8 Å². The SMILES string of the molecule is CCC[C@H]1[C@@]23CC[C@]45C#CC[C@H](CCC6CCCC6)CC[C@]67[C@@H](CC[C@H]8[C@@H]6[C@](C)(CC[C@@]74C)CC[C@@]8(C)C(=O)O)C[C@@]5(C)[C@@H]2[C@@H](O)C[C@]1(O)O[C@@H]3Cc1ccc(CCOC)cc1. The first-order chi connectivity index (χ1) is 29.6.